The zero-order valence-electron chi connectivity index (χ0n) is 12.5. The lowest BCUT2D eigenvalue weighted by Gasteiger charge is -2.32. The van der Waals surface area contributed by atoms with E-state index in [4.69, 9.17) is 4.74 Å². The van der Waals surface area contributed by atoms with Gasteiger partial charge in [0.25, 0.3) is 0 Å². The van der Waals surface area contributed by atoms with Gasteiger partial charge in [0.05, 0.1) is 5.60 Å². The number of hydrogen-bond acceptors (Lipinski definition) is 3. The summed E-state index contributed by atoms with van der Waals surface area (Å²) in [6, 6.07) is 11.3. The highest BCUT2D eigenvalue weighted by atomic mass is 16.5. The predicted molar refractivity (Wildman–Crippen MR) is 81.8 cm³/mol. The minimum atomic E-state index is 0.0750. The third-order valence-electron chi connectivity index (χ3n) is 4.54. The molecule has 3 heteroatoms. The maximum Gasteiger partial charge on any atom is 0.0781 e. The van der Waals surface area contributed by atoms with Gasteiger partial charge in [-0.15, -0.1) is 0 Å². The lowest BCUT2D eigenvalue weighted by molar-refractivity contribution is -0.00914. The van der Waals surface area contributed by atoms with Gasteiger partial charge in [0.1, 0.15) is 0 Å². The molecule has 110 valence electrons. The van der Waals surface area contributed by atoms with E-state index < -0.39 is 0 Å². The molecule has 1 aromatic carbocycles. The lowest BCUT2D eigenvalue weighted by Crippen LogP contribution is -2.42. The highest BCUT2D eigenvalue weighted by molar-refractivity contribution is 5.19. The summed E-state index contributed by atoms with van der Waals surface area (Å²) in [5.74, 6) is 0. The number of rotatable bonds is 3. The first-order chi connectivity index (χ1) is 9.75. The Labute approximate surface area is 122 Å². The van der Waals surface area contributed by atoms with Crippen LogP contribution in [0.25, 0.3) is 0 Å². The molecule has 0 saturated carbocycles. The maximum atomic E-state index is 5.96. The molecular formula is C17H26N2O. The van der Waals surface area contributed by atoms with Crippen molar-refractivity contribution in [2.45, 2.75) is 37.8 Å². The van der Waals surface area contributed by atoms with Crippen molar-refractivity contribution in [2.75, 3.05) is 32.8 Å². The molecule has 3 nitrogen and oxygen atoms in total. The van der Waals surface area contributed by atoms with Crippen LogP contribution in [0.1, 0.15) is 37.8 Å². The van der Waals surface area contributed by atoms with Crippen LogP contribution in [0.4, 0.5) is 0 Å². The molecule has 1 N–H and O–H groups in total. The maximum absolute atomic E-state index is 5.96. The fraction of sp³-hybridized carbons (Fsp3) is 0.647. The predicted octanol–water partition coefficient (Wildman–Crippen LogP) is 2.59. The van der Waals surface area contributed by atoms with E-state index in [0.717, 1.165) is 26.2 Å². The second-order valence-corrected chi connectivity index (χ2v) is 6.41. The van der Waals surface area contributed by atoms with E-state index in [-0.39, 0.29) is 5.60 Å². The Hall–Kier alpha value is -0.900. The molecule has 2 fully saturated rings. The van der Waals surface area contributed by atoms with E-state index in [9.17, 15) is 0 Å². The van der Waals surface area contributed by atoms with E-state index in [1.54, 1.807) is 0 Å². The van der Waals surface area contributed by atoms with Crippen molar-refractivity contribution >= 4 is 0 Å². The van der Waals surface area contributed by atoms with Crippen LogP contribution < -0.4 is 5.32 Å². The first kappa shape index (κ1) is 14.1. The van der Waals surface area contributed by atoms with Gasteiger partial charge in [-0.3, -0.25) is 4.90 Å². The summed E-state index contributed by atoms with van der Waals surface area (Å²) in [7, 11) is 0. The summed E-state index contributed by atoms with van der Waals surface area (Å²) >= 11 is 0. The summed E-state index contributed by atoms with van der Waals surface area (Å²) in [6.07, 6.45) is 3.64. The molecule has 2 saturated heterocycles. The van der Waals surface area contributed by atoms with Gasteiger partial charge in [0, 0.05) is 25.7 Å². The van der Waals surface area contributed by atoms with Crippen LogP contribution in [0, 0.1) is 0 Å². The molecule has 0 amide bonds. The van der Waals surface area contributed by atoms with Gasteiger partial charge in [-0.1, -0.05) is 30.3 Å². The number of ether oxygens (including phenoxy) is 1. The Balaban J connectivity index is 1.66. The number of nitrogens with one attached hydrogen (secondary N) is 1. The van der Waals surface area contributed by atoms with Gasteiger partial charge >= 0.3 is 0 Å². The quantitative estimate of drug-likeness (QED) is 0.917. The Morgan fingerprint density at radius 1 is 1.30 bits per heavy atom. The normalized spacial score (nSPS) is 32.1. The fourth-order valence-corrected chi connectivity index (χ4v) is 3.48. The summed E-state index contributed by atoms with van der Waals surface area (Å²) < 4.78 is 5.96. The van der Waals surface area contributed by atoms with E-state index in [1.165, 1.54) is 31.4 Å². The standard InChI is InChI=1S/C17H26N2O/c1-17(9-5-12-20-17)14-19-11-6-10-18-16(13-19)15-7-3-2-4-8-15/h2-4,7-8,16,18H,5-6,9-14H2,1H3. The molecule has 1 aromatic rings. The Morgan fingerprint density at radius 2 is 2.15 bits per heavy atom. The topological polar surface area (TPSA) is 24.5 Å². The molecule has 0 bridgehead atoms. The molecule has 0 aromatic heterocycles. The van der Waals surface area contributed by atoms with Gasteiger partial charge in [-0.2, -0.15) is 0 Å². The first-order valence-corrected chi connectivity index (χ1v) is 7.90. The Bertz CT molecular complexity index is 414. The molecule has 3 rings (SSSR count). The third kappa shape index (κ3) is 3.40. The number of benzene rings is 1. The summed E-state index contributed by atoms with van der Waals surface area (Å²) in [6.45, 7) is 7.64. The average Bonchev–Trinajstić information content (AvgIpc) is 2.75. The Kier molecular flexibility index (Phi) is 4.39. The van der Waals surface area contributed by atoms with Gasteiger partial charge in [0.2, 0.25) is 0 Å². The molecule has 20 heavy (non-hydrogen) atoms. The van der Waals surface area contributed by atoms with Gasteiger partial charge in [-0.05, 0) is 44.8 Å². The monoisotopic (exact) mass is 274 g/mol. The van der Waals surface area contributed by atoms with Gasteiger partial charge < -0.3 is 10.1 Å². The third-order valence-corrected chi connectivity index (χ3v) is 4.54. The van der Waals surface area contributed by atoms with Crippen LogP contribution >= 0.6 is 0 Å². The smallest absolute Gasteiger partial charge is 0.0781 e. The van der Waals surface area contributed by atoms with Crippen LogP contribution in [-0.2, 0) is 4.74 Å². The van der Waals surface area contributed by atoms with Crippen molar-refractivity contribution < 1.29 is 4.74 Å². The lowest BCUT2D eigenvalue weighted by atomic mass is 10.0. The highest BCUT2D eigenvalue weighted by Crippen LogP contribution is 2.27. The largest absolute Gasteiger partial charge is 0.374 e. The summed E-state index contributed by atoms with van der Waals surface area (Å²) in [4.78, 5) is 2.59. The highest BCUT2D eigenvalue weighted by Gasteiger charge is 2.33. The number of nitrogens with zero attached hydrogens (tertiary/aromatic N) is 1. The molecular weight excluding hydrogens is 248 g/mol. The summed E-state index contributed by atoms with van der Waals surface area (Å²) in [5, 5.41) is 3.68. The minimum Gasteiger partial charge on any atom is -0.374 e. The van der Waals surface area contributed by atoms with Crippen molar-refractivity contribution in [3.63, 3.8) is 0 Å². The van der Waals surface area contributed by atoms with Crippen molar-refractivity contribution in [1.29, 1.82) is 0 Å². The number of hydrogen-bond donors (Lipinski definition) is 1. The first-order valence-electron chi connectivity index (χ1n) is 7.90. The Morgan fingerprint density at radius 3 is 2.90 bits per heavy atom. The molecule has 2 aliphatic heterocycles. The second kappa shape index (κ2) is 6.25. The van der Waals surface area contributed by atoms with Crippen molar-refractivity contribution in [3.05, 3.63) is 35.9 Å². The zero-order valence-corrected chi connectivity index (χ0v) is 12.5. The molecule has 2 unspecified atom stereocenters. The molecule has 2 aliphatic rings. The van der Waals surface area contributed by atoms with Crippen LogP contribution in [-0.4, -0.2) is 43.3 Å². The van der Waals surface area contributed by atoms with E-state index in [1.807, 2.05) is 0 Å². The van der Waals surface area contributed by atoms with E-state index in [2.05, 4.69) is 47.5 Å². The minimum absolute atomic E-state index is 0.0750. The van der Waals surface area contributed by atoms with Crippen molar-refractivity contribution in [3.8, 4) is 0 Å². The zero-order chi connectivity index (χ0) is 13.8. The van der Waals surface area contributed by atoms with Crippen LogP contribution in [0.2, 0.25) is 0 Å². The van der Waals surface area contributed by atoms with Crippen LogP contribution in [0.15, 0.2) is 30.3 Å². The van der Waals surface area contributed by atoms with Crippen molar-refractivity contribution in [1.82, 2.24) is 10.2 Å². The summed E-state index contributed by atoms with van der Waals surface area (Å²) in [5.41, 5.74) is 1.47. The van der Waals surface area contributed by atoms with Gasteiger partial charge in [-0.25, -0.2) is 0 Å². The fourth-order valence-electron chi connectivity index (χ4n) is 3.48. The second-order valence-electron chi connectivity index (χ2n) is 6.41. The van der Waals surface area contributed by atoms with Crippen LogP contribution in [0.3, 0.4) is 0 Å². The SMILES string of the molecule is CC1(CN2CCCNC(c3ccccc3)C2)CCCO1. The van der Waals surface area contributed by atoms with E-state index >= 15 is 0 Å². The molecule has 0 radical (unpaired) electrons. The average molecular weight is 274 g/mol. The molecule has 0 aliphatic carbocycles. The van der Waals surface area contributed by atoms with E-state index in [0.29, 0.717) is 6.04 Å². The van der Waals surface area contributed by atoms with Crippen molar-refractivity contribution in [2.24, 2.45) is 0 Å². The molecule has 2 heterocycles. The molecule has 0 spiro atoms. The molecule has 2 atom stereocenters. The van der Waals surface area contributed by atoms with Crippen LogP contribution in [0.5, 0.6) is 0 Å². The van der Waals surface area contributed by atoms with Gasteiger partial charge in [0.15, 0.2) is 0 Å².